The third-order valence-electron chi connectivity index (χ3n) is 21.9. The molecule has 9 N–H and O–H groups in total. The number of carbonyl (C=O) groups is 7. The van der Waals surface area contributed by atoms with Gasteiger partial charge in [0.1, 0.15) is 42.9 Å². The summed E-state index contributed by atoms with van der Waals surface area (Å²) in [4.78, 5) is 86.8. The molecule has 0 spiro atoms. The summed E-state index contributed by atoms with van der Waals surface area (Å²) in [6.07, 6.45) is 0.934. The molecule has 0 saturated heterocycles. The lowest BCUT2D eigenvalue weighted by Crippen LogP contribution is -2.29. The van der Waals surface area contributed by atoms with E-state index in [0.29, 0.717) is 110 Å². The highest BCUT2D eigenvalue weighted by molar-refractivity contribution is 6.03. The van der Waals surface area contributed by atoms with Gasteiger partial charge in [0.05, 0.1) is 64.1 Å². The molecule has 0 radical (unpaired) electrons. The minimum atomic E-state index is -1.27. The number of hydrogen-bond acceptors (Lipinski definition) is 18. The van der Waals surface area contributed by atoms with E-state index in [1.807, 2.05) is 242 Å². The van der Waals surface area contributed by atoms with Gasteiger partial charge in [-0.3, -0.25) is 15.4 Å². The highest BCUT2D eigenvalue weighted by Gasteiger charge is 2.41. The Labute approximate surface area is 760 Å². The van der Waals surface area contributed by atoms with Crippen LogP contribution in [0.4, 0.5) is 48.1 Å². The summed E-state index contributed by atoms with van der Waals surface area (Å²) >= 11 is 0. The molecule has 690 valence electrons. The van der Waals surface area contributed by atoms with Crippen molar-refractivity contribution in [1.29, 1.82) is 0 Å². The fraction of sp³-hybridized carbons (Fsp3) is 0.375. The molecular weight excluding hydrogens is 1660 g/mol. The van der Waals surface area contributed by atoms with E-state index in [4.69, 9.17) is 42.6 Å². The summed E-state index contributed by atoms with van der Waals surface area (Å²) in [5.41, 5.74) is 20.2. The van der Waals surface area contributed by atoms with Gasteiger partial charge in [-0.25, -0.2) is 33.2 Å². The lowest BCUT2D eigenvalue weighted by atomic mass is 9.84. The molecule has 25 nitrogen and oxygen atoms in total. The average Bonchev–Trinajstić information content (AvgIpc) is 1.38. The normalized spacial score (nSPS) is 15.2. The van der Waals surface area contributed by atoms with E-state index in [2.05, 4.69) is 26.6 Å². The Balaban J connectivity index is 0.000000180. The zero-order chi connectivity index (χ0) is 95.7. The van der Waals surface area contributed by atoms with Crippen LogP contribution in [0.5, 0.6) is 17.2 Å². The van der Waals surface area contributed by atoms with Crippen molar-refractivity contribution in [3.63, 3.8) is 0 Å². The number of fused-ring (bicyclic) bond motifs is 5. The standard InChI is InChI=1S/C28H31FN2O3.C26H31NO6.C25H31NO6.C25H29NO5/c1-15-7-9-18(10-8-15)23-16(2)20-14-30-21-12-11-19(29)13-22(21)31-25(20)17(3)24(23)26(27(32)33)34-28(4,5)6;1-15-9-11-18(12-10-15)19-17(3)22-21(27-25(30)32-14-8-7-13-31-22)16(2)20(19)23(24(28)29)33-26(4,5)6;1-14-8-10-17(11-9-14)18-16(3)21-20(26-24(29)31-13-7-12-30-21)15(2)19(18)22(23(27)28)32-25(4,5)6;1-14-9-11-17(12-10-14)19-16(3)22-21(26-18(27)8-7-13-30-22)15(2)20(19)23(24(28)29)31-25(4,5)6/h7-13,26,30-31H,14H2,1-6H3,(H,32,33);7-12,23H,13-14H2,1-6H3,(H,27,30)(H,28,29);8-11,22H,7,12-13H2,1-6H3,(H,26,29)(H,27,28);7-12,23H,13H2,1-6H3,(H,26,27)(H,28,29)/b;8-7-;;8-7-/t26-;23-;22-;23-/m0000/s1. The first-order valence-electron chi connectivity index (χ1n) is 43.2. The summed E-state index contributed by atoms with van der Waals surface area (Å²) in [6.45, 7) is 46.5. The molecular formula is C104H122FN5O20. The Kier molecular flexibility index (Phi) is 31.5. The molecule has 0 bridgehead atoms. The van der Waals surface area contributed by atoms with Gasteiger partial charge in [-0.15, -0.1) is 0 Å². The second kappa shape index (κ2) is 41.3. The smallest absolute Gasteiger partial charge is 0.412 e. The number of carbonyl (C=O) groups excluding carboxylic acids is 3. The lowest BCUT2D eigenvalue weighted by molar-refractivity contribution is -0.161. The summed E-state index contributed by atoms with van der Waals surface area (Å²) in [6, 6.07) is 36.3. The van der Waals surface area contributed by atoms with E-state index in [1.54, 1.807) is 45.1 Å². The Morgan fingerprint density at radius 3 is 1.02 bits per heavy atom. The van der Waals surface area contributed by atoms with Crippen molar-refractivity contribution >= 4 is 76.1 Å². The van der Waals surface area contributed by atoms with Crippen molar-refractivity contribution < 1.29 is 101 Å². The van der Waals surface area contributed by atoms with Crippen LogP contribution in [-0.4, -0.2) is 118 Å². The van der Waals surface area contributed by atoms with Crippen LogP contribution in [0.2, 0.25) is 0 Å². The monoisotopic (exact) mass is 1780 g/mol. The molecule has 9 aromatic rings. The lowest BCUT2D eigenvalue weighted by Gasteiger charge is -2.31. The highest BCUT2D eigenvalue weighted by atomic mass is 19.1. The summed E-state index contributed by atoms with van der Waals surface area (Å²) in [5.74, 6) is -3.49. The van der Waals surface area contributed by atoms with Gasteiger partial charge in [0.25, 0.3) is 0 Å². The van der Waals surface area contributed by atoms with Crippen LogP contribution in [0.3, 0.4) is 0 Å². The molecule has 9 aromatic carbocycles. The Hall–Kier alpha value is -12.9. The molecule has 3 amide bonds. The molecule has 4 aliphatic heterocycles. The SMILES string of the molecule is Cc1ccc(-c2c(C)c3c(c(C)c2[C@H](OC(C)(C)C)C(=O)O)NC(=O)/C=C\CO3)cc1.Cc1ccc(-c2c(C)c3c(c(C)c2[C@H](OC(C)(C)C)C(=O)O)NC(=O)OC/C=C\CO3)cc1.Cc1ccc(-c2c(C)c3c(c(C)c2[C@H](OC(C)(C)C)C(=O)O)NC(=O)OCCCO3)cc1.Cc1ccc(-c2c(C)c3c(c(C)c2[C@H](OC(C)(C)C)C(=O)O)Nc2cc(F)ccc2NC3)cc1. The number of carboxylic acid groups (broad SMARTS) is 4. The van der Waals surface area contributed by atoms with Crippen LogP contribution in [0.15, 0.2) is 140 Å². The fourth-order valence-corrected chi connectivity index (χ4v) is 16.1. The topological polar surface area (TPSA) is 344 Å². The van der Waals surface area contributed by atoms with Crippen molar-refractivity contribution in [2.75, 3.05) is 59.6 Å². The van der Waals surface area contributed by atoms with E-state index in [-0.39, 0.29) is 38.2 Å². The minimum absolute atomic E-state index is 0.113. The Bertz CT molecular complexity index is 5830. The fourth-order valence-electron chi connectivity index (χ4n) is 16.1. The maximum Gasteiger partial charge on any atom is 0.412 e. The molecule has 130 heavy (non-hydrogen) atoms. The van der Waals surface area contributed by atoms with Crippen LogP contribution in [0.1, 0.15) is 209 Å². The van der Waals surface area contributed by atoms with Crippen molar-refractivity contribution in [3.8, 4) is 61.8 Å². The first kappa shape index (κ1) is 99.3. The first-order valence-corrected chi connectivity index (χ1v) is 43.2. The number of aryl methyl sites for hydroxylation is 4. The molecule has 4 aliphatic rings. The van der Waals surface area contributed by atoms with Crippen molar-refractivity contribution in [2.45, 2.75) is 226 Å². The summed E-state index contributed by atoms with van der Waals surface area (Å²) < 4.78 is 66.7. The van der Waals surface area contributed by atoms with Crippen LogP contribution in [-0.2, 0) is 58.9 Å². The quantitative estimate of drug-likeness (QED) is 0.0406. The molecule has 4 atom stereocenters. The molecule has 4 heterocycles. The molecule has 26 heteroatoms. The van der Waals surface area contributed by atoms with E-state index < -0.39 is 82.9 Å². The maximum atomic E-state index is 14.0. The number of carboxylic acids is 4. The van der Waals surface area contributed by atoms with E-state index in [1.165, 1.54) is 18.2 Å². The van der Waals surface area contributed by atoms with Gasteiger partial charge in [0.2, 0.25) is 5.91 Å². The minimum Gasteiger partial charge on any atom is -0.491 e. The number of hydrogen-bond donors (Lipinski definition) is 9. The second-order valence-corrected chi connectivity index (χ2v) is 36.7. The number of halogens is 1. The van der Waals surface area contributed by atoms with Gasteiger partial charge in [-0.2, -0.15) is 0 Å². The average molecular weight is 1780 g/mol. The number of cyclic esters (lactones) is 2. The number of anilines is 6. The number of amides is 3. The molecule has 0 fully saturated rings. The zero-order valence-corrected chi connectivity index (χ0v) is 78.7. The second-order valence-electron chi connectivity index (χ2n) is 36.7. The predicted molar refractivity (Wildman–Crippen MR) is 504 cm³/mol. The largest absolute Gasteiger partial charge is 0.491 e. The number of rotatable bonds is 16. The van der Waals surface area contributed by atoms with Gasteiger partial charge in [0, 0.05) is 63.7 Å². The van der Waals surface area contributed by atoms with Gasteiger partial charge >= 0.3 is 36.1 Å². The van der Waals surface area contributed by atoms with E-state index in [9.17, 15) is 58.4 Å². The van der Waals surface area contributed by atoms with Gasteiger partial charge in [-0.05, 0) is 280 Å². The number of aliphatic carboxylic acids is 4. The number of benzene rings is 9. The molecule has 13 rings (SSSR count). The van der Waals surface area contributed by atoms with Crippen LogP contribution in [0.25, 0.3) is 44.5 Å². The molecule has 0 aromatic heterocycles. The Morgan fingerprint density at radius 2 is 0.662 bits per heavy atom. The third-order valence-corrected chi connectivity index (χ3v) is 21.9. The van der Waals surface area contributed by atoms with Gasteiger partial charge < -0.3 is 79.0 Å². The number of nitrogens with one attached hydrogen (secondary N) is 5. The Morgan fingerprint density at radius 1 is 0.354 bits per heavy atom. The van der Waals surface area contributed by atoms with Crippen LogP contribution in [0, 0.1) is 88.9 Å². The van der Waals surface area contributed by atoms with Gasteiger partial charge in [0.15, 0.2) is 24.4 Å². The molecule has 0 aliphatic carbocycles. The highest BCUT2D eigenvalue weighted by Crippen LogP contribution is 2.53. The van der Waals surface area contributed by atoms with Crippen molar-refractivity contribution in [3.05, 3.63) is 240 Å². The first-order chi connectivity index (χ1) is 60.9. The van der Waals surface area contributed by atoms with Crippen molar-refractivity contribution in [1.82, 2.24) is 0 Å². The van der Waals surface area contributed by atoms with E-state index in [0.717, 1.165) is 100 Å². The number of ether oxygens (including phenoxy) is 9. The summed E-state index contributed by atoms with van der Waals surface area (Å²) in [5, 5.41) is 55.9. The maximum absolute atomic E-state index is 14.0. The predicted octanol–water partition coefficient (Wildman–Crippen LogP) is 23.4. The molecule has 0 unspecified atom stereocenters. The van der Waals surface area contributed by atoms with Crippen LogP contribution < -0.4 is 40.8 Å². The summed E-state index contributed by atoms with van der Waals surface area (Å²) in [7, 11) is 0. The zero-order valence-electron chi connectivity index (χ0n) is 78.7. The van der Waals surface area contributed by atoms with Crippen LogP contribution >= 0.6 is 0 Å². The molecule has 0 saturated carbocycles. The van der Waals surface area contributed by atoms with Gasteiger partial charge in [-0.1, -0.05) is 119 Å². The van der Waals surface area contributed by atoms with E-state index >= 15 is 0 Å². The van der Waals surface area contributed by atoms with Crippen molar-refractivity contribution in [2.24, 2.45) is 0 Å². The third kappa shape index (κ3) is 24.2.